The van der Waals surface area contributed by atoms with Crippen molar-refractivity contribution in [1.82, 2.24) is 4.98 Å². The molecule has 4 N–H and O–H groups in total. The van der Waals surface area contributed by atoms with Crippen LogP contribution in [0.1, 0.15) is 18.1 Å². The highest BCUT2D eigenvalue weighted by atomic mass is 79.9. The fourth-order valence-electron chi connectivity index (χ4n) is 1.64. The van der Waals surface area contributed by atoms with Crippen LogP contribution in [0, 0.1) is 0 Å². The van der Waals surface area contributed by atoms with Crippen molar-refractivity contribution in [3.63, 3.8) is 0 Å². The lowest BCUT2D eigenvalue weighted by atomic mass is 10.1. The van der Waals surface area contributed by atoms with Crippen LogP contribution in [0.4, 0.5) is 0 Å². The number of aromatic amines is 1. The van der Waals surface area contributed by atoms with Crippen LogP contribution in [0.5, 0.6) is 0 Å². The summed E-state index contributed by atoms with van der Waals surface area (Å²) < 4.78 is 1.01. The molecule has 1 atom stereocenters. The molecule has 4 heteroatoms. The maximum Gasteiger partial charge on any atom is 0.0802 e. The number of fused-ring (bicyclic) bond motifs is 1. The second-order valence-corrected chi connectivity index (χ2v) is 4.39. The molecule has 0 aliphatic heterocycles. The van der Waals surface area contributed by atoms with Gasteiger partial charge in [0.1, 0.15) is 0 Å². The summed E-state index contributed by atoms with van der Waals surface area (Å²) in [4.78, 5) is 3.13. The van der Waals surface area contributed by atoms with Gasteiger partial charge in [-0.05, 0) is 46.6 Å². The number of nitrogens with one attached hydrogen (secondary N) is 1. The fraction of sp³-hybridized carbons (Fsp3) is 0.273. The van der Waals surface area contributed by atoms with E-state index >= 15 is 0 Å². The number of aromatic nitrogens is 1. The molecule has 0 bridgehead atoms. The van der Waals surface area contributed by atoms with Crippen molar-refractivity contribution in [2.45, 2.75) is 12.5 Å². The van der Waals surface area contributed by atoms with Crippen LogP contribution in [0.2, 0.25) is 0 Å². The summed E-state index contributed by atoms with van der Waals surface area (Å²) in [6, 6.07) is 5.87. The van der Waals surface area contributed by atoms with E-state index in [9.17, 15) is 5.11 Å². The summed E-state index contributed by atoms with van der Waals surface area (Å²) in [6.07, 6.45) is 2.01. The van der Waals surface area contributed by atoms with E-state index in [4.69, 9.17) is 5.73 Å². The first-order valence-electron chi connectivity index (χ1n) is 4.87. The van der Waals surface area contributed by atoms with Crippen LogP contribution in [0.15, 0.2) is 28.9 Å². The van der Waals surface area contributed by atoms with Gasteiger partial charge in [0.15, 0.2) is 0 Å². The zero-order valence-electron chi connectivity index (χ0n) is 8.20. The monoisotopic (exact) mass is 268 g/mol. The molecule has 3 nitrogen and oxygen atoms in total. The maximum atomic E-state index is 9.80. The second kappa shape index (κ2) is 4.35. The Morgan fingerprint density at radius 1 is 1.47 bits per heavy atom. The van der Waals surface area contributed by atoms with Gasteiger partial charge in [-0.3, -0.25) is 0 Å². The van der Waals surface area contributed by atoms with Crippen molar-refractivity contribution in [3.05, 3.63) is 34.4 Å². The first-order chi connectivity index (χ1) is 7.22. The Labute approximate surface area is 96.4 Å². The summed E-state index contributed by atoms with van der Waals surface area (Å²) in [7, 11) is 0. The predicted molar refractivity (Wildman–Crippen MR) is 64.6 cm³/mol. The first kappa shape index (κ1) is 10.7. The molecule has 0 saturated carbocycles. The number of aliphatic hydroxyl groups excluding tert-OH is 1. The van der Waals surface area contributed by atoms with Crippen LogP contribution in [0.25, 0.3) is 10.9 Å². The molecule has 2 aromatic rings. The van der Waals surface area contributed by atoms with Gasteiger partial charge in [0.2, 0.25) is 0 Å². The van der Waals surface area contributed by atoms with E-state index in [1.807, 2.05) is 24.4 Å². The molecule has 15 heavy (non-hydrogen) atoms. The molecule has 0 radical (unpaired) electrons. The van der Waals surface area contributed by atoms with E-state index in [1.54, 1.807) is 0 Å². The van der Waals surface area contributed by atoms with Crippen LogP contribution in [-0.4, -0.2) is 16.6 Å². The third-order valence-corrected chi connectivity index (χ3v) is 3.14. The average molecular weight is 269 g/mol. The number of halogens is 1. The molecule has 0 amide bonds. The van der Waals surface area contributed by atoms with Crippen molar-refractivity contribution in [3.8, 4) is 0 Å². The predicted octanol–water partition coefficient (Wildman–Crippen LogP) is 2.31. The number of hydrogen-bond donors (Lipinski definition) is 3. The molecule has 1 aromatic heterocycles. The van der Waals surface area contributed by atoms with E-state index in [2.05, 4.69) is 20.9 Å². The van der Waals surface area contributed by atoms with E-state index in [-0.39, 0.29) is 0 Å². The molecule has 1 unspecified atom stereocenters. The Morgan fingerprint density at radius 3 is 3.00 bits per heavy atom. The van der Waals surface area contributed by atoms with Crippen molar-refractivity contribution in [2.24, 2.45) is 5.73 Å². The lowest BCUT2D eigenvalue weighted by molar-refractivity contribution is 0.170. The third-order valence-electron chi connectivity index (χ3n) is 2.48. The van der Waals surface area contributed by atoms with Crippen LogP contribution in [-0.2, 0) is 0 Å². The van der Waals surface area contributed by atoms with Crippen molar-refractivity contribution < 1.29 is 5.11 Å². The molecule has 80 valence electrons. The molecular formula is C11H13BrN2O. The quantitative estimate of drug-likeness (QED) is 0.800. The Morgan fingerprint density at radius 2 is 2.27 bits per heavy atom. The number of rotatable bonds is 3. The normalized spacial score (nSPS) is 13.3. The van der Waals surface area contributed by atoms with Crippen molar-refractivity contribution in [2.75, 3.05) is 6.54 Å². The van der Waals surface area contributed by atoms with Gasteiger partial charge in [-0.1, -0.05) is 6.07 Å². The van der Waals surface area contributed by atoms with E-state index in [0.717, 1.165) is 20.9 Å². The van der Waals surface area contributed by atoms with Crippen molar-refractivity contribution >= 4 is 26.8 Å². The molecular weight excluding hydrogens is 256 g/mol. The molecule has 2 rings (SSSR count). The average Bonchev–Trinajstić information content (AvgIpc) is 2.60. The number of benzene rings is 1. The lowest BCUT2D eigenvalue weighted by Gasteiger charge is -2.09. The minimum absolute atomic E-state index is 0.471. The molecule has 1 aromatic carbocycles. The SMILES string of the molecule is NCCC(O)c1ccc2[nH]cc(Br)c2c1. The number of hydrogen-bond acceptors (Lipinski definition) is 2. The number of H-pyrrole nitrogens is 1. The smallest absolute Gasteiger partial charge is 0.0802 e. The zero-order chi connectivity index (χ0) is 10.8. The highest BCUT2D eigenvalue weighted by Crippen LogP contribution is 2.27. The molecule has 0 aliphatic rings. The Bertz CT molecular complexity index is 467. The van der Waals surface area contributed by atoms with Crippen LogP contribution in [0.3, 0.4) is 0 Å². The van der Waals surface area contributed by atoms with Gasteiger partial charge < -0.3 is 15.8 Å². The van der Waals surface area contributed by atoms with Crippen molar-refractivity contribution in [1.29, 1.82) is 0 Å². The number of aliphatic hydroxyl groups is 1. The summed E-state index contributed by atoms with van der Waals surface area (Å²) >= 11 is 3.45. The molecule has 0 saturated heterocycles. The highest BCUT2D eigenvalue weighted by molar-refractivity contribution is 9.10. The third kappa shape index (κ3) is 2.07. The van der Waals surface area contributed by atoms with Gasteiger partial charge >= 0.3 is 0 Å². The van der Waals surface area contributed by atoms with Gasteiger partial charge in [0, 0.05) is 21.6 Å². The second-order valence-electron chi connectivity index (χ2n) is 3.53. The molecule has 0 spiro atoms. The summed E-state index contributed by atoms with van der Waals surface area (Å²) in [5.41, 5.74) is 7.39. The Kier molecular flexibility index (Phi) is 3.09. The largest absolute Gasteiger partial charge is 0.388 e. The van der Waals surface area contributed by atoms with Gasteiger partial charge in [-0.15, -0.1) is 0 Å². The van der Waals surface area contributed by atoms with Gasteiger partial charge in [-0.25, -0.2) is 0 Å². The Hall–Kier alpha value is -0.840. The van der Waals surface area contributed by atoms with E-state index in [1.165, 1.54) is 0 Å². The van der Waals surface area contributed by atoms with Gasteiger partial charge in [-0.2, -0.15) is 0 Å². The molecule has 0 aliphatic carbocycles. The highest BCUT2D eigenvalue weighted by Gasteiger charge is 2.08. The zero-order valence-corrected chi connectivity index (χ0v) is 9.79. The molecule has 1 heterocycles. The lowest BCUT2D eigenvalue weighted by Crippen LogP contribution is -2.06. The van der Waals surface area contributed by atoms with Crippen LogP contribution >= 0.6 is 15.9 Å². The minimum atomic E-state index is -0.471. The standard InChI is InChI=1S/C11H13BrN2O/c12-9-6-14-10-2-1-7(5-8(9)10)11(15)3-4-13/h1-2,5-6,11,14-15H,3-4,13H2. The summed E-state index contributed by atoms with van der Waals surface area (Å²) in [5.74, 6) is 0. The molecule has 0 fully saturated rings. The summed E-state index contributed by atoms with van der Waals surface area (Å²) in [6.45, 7) is 0.494. The maximum absolute atomic E-state index is 9.80. The number of nitrogens with two attached hydrogens (primary N) is 1. The summed E-state index contributed by atoms with van der Waals surface area (Å²) in [5, 5.41) is 10.9. The Balaban J connectivity index is 2.41. The van der Waals surface area contributed by atoms with Gasteiger partial charge in [0.25, 0.3) is 0 Å². The van der Waals surface area contributed by atoms with Crippen LogP contribution < -0.4 is 5.73 Å². The van der Waals surface area contributed by atoms with Gasteiger partial charge in [0.05, 0.1) is 6.10 Å². The van der Waals surface area contributed by atoms with E-state index in [0.29, 0.717) is 13.0 Å². The fourth-order valence-corrected chi connectivity index (χ4v) is 2.08. The first-order valence-corrected chi connectivity index (χ1v) is 5.66. The van der Waals surface area contributed by atoms with E-state index < -0.39 is 6.10 Å². The topological polar surface area (TPSA) is 62.0 Å². The minimum Gasteiger partial charge on any atom is -0.388 e.